The molecular weight excluding hydrogens is 285 g/mol. The highest BCUT2D eigenvalue weighted by molar-refractivity contribution is 9.10. The summed E-state index contributed by atoms with van der Waals surface area (Å²) in [6.45, 7) is 4.01. The van der Waals surface area contributed by atoms with Crippen LogP contribution in [0.5, 0.6) is 5.75 Å². The minimum atomic E-state index is -4.35. The minimum Gasteiger partial charge on any atom is -0.493 e. The molecule has 0 N–H and O–H groups in total. The van der Waals surface area contributed by atoms with Gasteiger partial charge in [0.1, 0.15) is 5.75 Å². The molecule has 0 aliphatic rings. The Kier molecular flexibility index (Phi) is 4.24. The van der Waals surface area contributed by atoms with Crippen LogP contribution in [0.25, 0.3) is 0 Å². The van der Waals surface area contributed by atoms with E-state index in [2.05, 4.69) is 15.9 Å². The molecule has 0 spiro atoms. The normalized spacial score (nSPS) is 11.9. The predicted octanol–water partition coefficient (Wildman–Crippen LogP) is 4.46. The summed E-state index contributed by atoms with van der Waals surface area (Å²) in [4.78, 5) is 0. The van der Waals surface area contributed by atoms with Crippen LogP contribution in [-0.2, 0) is 6.18 Å². The van der Waals surface area contributed by atoms with Gasteiger partial charge in [-0.25, -0.2) is 0 Å². The number of hydrogen-bond acceptors (Lipinski definition) is 1. The average molecular weight is 296 g/mol. The number of benzene rings is 1. The van der Waals surface area contributed by atoms with Crippen LogP contribution < -0.4 is 4.74 Å². The van der Waals surface area contributed by atoms with Crippen LogP contribution >= 0.6 is 15.9 Å². The molecule has 5 heteroatoms. The summed E-state index contributed by atoms with van der Waals surface area (Å²) >= 11 is 3.03. The fraction of sp³-hybridized carbons (Fsp3) is 0.364. The van der Waals surface area contributed by atoms with Crippen LogP contribution in [0.4, 0.5) is 13.2 Å². The van der Waals surface area contributed by atoms with E-state index in [9.17, 15) is 13.2 Å². The Morgan fingerprint density at radius 3 is 2.38 bits per heavy atom. The van der Waals surface area contributed by atoms with Gasteiger partial charge in [-0.1, -0.05) is 29.8 Å². The Balaban J connectivity index is 2.90. The summed E-state index contributed by atoms with van der Waals surface area (Å²) in [6, 6.07) is 3.53. The molecule has 0 saturated heterocycles. The lowest BCUT2D eigenvalue weighted by atomic mass is 10.2. The largest absolute Gasteiger partial charge is 0.493 e. The van der Waals surface area contributed by atoms with Gasteiger partial charge in [-0.2, -0.15) is 13.2 Å². The molecule has 1 aromatic rings. The predicted molar refractivity (Wildman–Crippen MR) is 59.2 cm³/mol. The summed E-state index contributed by atoms with van der Waals surface area (Å²) in [5, 5.41) is 0. The number of alkyl halides is 3. The molecule has 1 nitrogen and oxygen atoms in total. The zero-order valence-corrected chi connectivity index (χ0v) is 10.4. The van der Waals surface area contributed by atoms with Crippen molar-refractivity contribution in [3.8, 4) is 5.75 Å². The molecule has 0 aliphatic heterocycles. The lowest BCUT2D eigenvalue weighted by molar-refractivity contribution is -0.137. The first-order valence-corrected chi connectivity index (χ1v) is 5.38. The van der Waals surface area contributed by atoms with Gasteiger partial charge in [0.2, 0.25) is 0 Å². The number of hydrogen-bond donors (Lipinski definition) is 0. The SMILES string of the molecule is C[C](C)COc1cc(Br)cc(C(F)(F)F)c1. The molecule has 1 radical (unpaired) electrons. The number of halogens is 4. The first-order valence-electron chi connectivity index (χ1n) is 4.58. The van der Waals surface area contributed by atoms with Gasteiger partial charge in [0.15, 0.2) is 0 Å². The fourth-order valence-electron chi connectivity index (χ4n) is 1.04. The molecule has 0 amide bonds. The van der Waals surface area contributed by atoms with E-state index in [0.717, 1.165) is 18.1 Å². The van der Waals surface area contributed by atoms with Gasteiger partial charge in [0.05, 0.1) is 12.2 Å². The second-order valence-corrected chi connectivity index (χ2v) is 4.58. The van der Waals surface area contributed by atoms with Crippen LogP contribution in [0.2, 0.25) is 0 Å². The number of rotatable bonds is 3. The maximum absolute atomic E-state index is 12.5. The van der Waals surface area contributed by atoms with Crippen LogP contribution in [0.15, 0.2) is 22.7 Å². The Bertz CT molecular complexity index is 361. The summed E-state index contributed by atoms with van der Waals surface area (Å²) in [5.41, 5.74) is -0.717. The van der Waals surface area contributed by atoms with E-state index in [-0.39, 0.29) is 5.75 Å². The van der Waals surface area contributed by atoms with Crippen molar-refractivity contribution in [1.82, 2.24) is 0 Å². The van der Waals surface area contributed by atoms with Crippen molar-refractivity contribution in [2.75, 3.05) is 6.61 Å². The van der Waals surface area contributed by atoms with Gasteiger partial charge in [0, 0.05) is 10.4 Å². The van der Waals surface area contributed by atoms with E-state index in [4.69, 9.17) is 4.74 Å². The molecule has 0 aromatic heterocycles. The van der Waals surface area contributed by atoms with Crippen LogP contribution in [0, 0.1) is 5.92 Å². The molecule has 89 valence electrons. The van der Waals surface area contributed by atoms with Crippen LogP contribution in [0.3, 0.4) is 0 Å². The van der Waals surface area contributed by atoms with E-state index in [0.29, 0.717) is 11.1 Å². The summed E-state index contributed by atoms with van der Waals surface area (Å²) in [6.07, 6.45) is -4.35. The Morgan fingerprint density at radius 2 is 1.88 bits per heavy atom. The molecular formula is C11H11BrF3O. The first-order chi connectivity index (χ1) is 7.29. The quantitative estimate of drug-likeness (QED) is 0.800. The highest BCUT2D eigenvalue weighted by Gasteiger charge is 2.31. The molecule has 1 rings (SSSR count). The third kappa shape index (κ3) is 4.04. The third-order valence-electron chi connectivity index (χ3n) is 1.73. The number of ether oxygens (including phenoxy) is 1. The Labute approximate surface area is 101 Å². The fourth-order valence-corrected chi connectivity index (χ4v) is 1.51. The standard InChI is InChI=1S/C11H11BrF3O/c1-7(2)6-16-10-4-8(11(13,14)15)3-9(12)5-10/h3-5H,6H2,1-2H3. The first kappa shape index (κ1) is 13.4. The van der Waals surface area contributed by atoms with Crippen LogP contribution in [0.1, 0.15) is 19.4 Å². The molecule has 1 aromatic carbocycles. The monoisotopic (exact) mass is 295 g/mol. The molecule has 16 heavy (non-hydrogen) atoms. The highest BCUT2D eigenvalue weighted by Crippen LogP contribution is 2.34. The van der Waals surface area contributed by atoms with E-state index in [1.807, 2.05) is 13.8 Å². The van der Waals surface area contributed by atoms with E-state index < -0.39 is 11.7 Å². The minimum absolute atomic E-state index is 0.211. The van der Waals surface area contributed by atoms with Gasteiger partial charge in [-0.15, -0.1) is 0 Å². The molecule has 0 atom stereocenters. The molecule has 0 aliphatic carbocycles. The molecule has 0 unspecified atom stereocenters. The molecule has 0 saturated carbocycles. The second kappa shape index (κ2) is 5.08. The van der Waals surface area contributed by atoms with Gasteiger partial charge < -0.3 is 4.74 Å². The van der Waals surface area contributed by atoms with E-state index >= 15 is 0 Å². The van der Waals surface area contributed by atoms with Gasteiger partial charge in [-0.3, -0.25) is 0 Å². The van der Waals surface area contributed by atoms with Crippen molar-refractivity contribution in [3.63, 3.8) is 0 Å². The average Bonchev–Trinajstić information content (AvgIpc) is 2.12. The van der Waals surface area contributed by atoms with E-state index in [1.54, 1.807) is 0 Å². The second-order valence-electron chi connectivity index (χ2n) is 3.67. The third-order valence-corrected chi connectivity index (χ3v) is 2.18. The zero-order chi connectivity index (χ0) is 12.3. The topological polar surface area (TPSA) is 9.23 Å². The zero-order valence-electron chi connectivity index (χ0n) is 8.86. The highest BCUT2D eigenvalue weighted by atomic mass is 79.9. The maximum Gasteiger partial charge on any atom is 0.416 e. The van der Waals surface area contributed by atoms with E-state index in [1.165, 1.54) is 6.07 Å². The van der Waals surface area contributed by atoms with Crippen molar-refractivity contribution in [2.24, 2.45) is 0 Å². The summed E-state index contributed by atoms with van der Waals surface area (Å²) < 4.78 is 43.0. The van der Waals surface area contributed by atoms with Crippen molar-refractivity contribution >= 4 is 15.9 Å². The summed E-state index contributed by atoms with van der Waals surface area (Å²) in [7, 11) is 0. The molecule has 0 heterocycles. The summed E-state index contributed by atoms with van der Waals surface area (Å²) in [5.74, 6) is 1.21. The maximum atomic E-state index is 12.5. The lowest BCUT2D eigenvalue weighted by Crippen LogP contribution is -2.07. The molecule has 0 bridgehead atoms. The van der Waals surface area contributed by atoms with Crippen molar-refractivity contribution < 1.29 is 17.9 Å². The van der Waals surface area contributed by atoms with Gasteiger partial charge in [-0.05, 0) is 18.2 Å². The Morgan fingerprint density at radius 1 is 1.25 bits per heavy atom. The molecule has 0 fully saturated rings. The smallest absolute Gasteiger partial charge is 0.416 e. The van der Waals surface area contributed by atoms with Crippen molar-refractivity contribution in [3.05, 3.63) is 34.2 Å². The lowest BCUT2D eigenvalue weighted by Gasteiger charge is -2.12. The van der Waals surface area contributed by atoms with Gasteiger partial charge >= 0.3 is 6.18 Å². The van der Waals surface area contributed by atoms with Crippen molar-refractivity contribution in [1.29, 1.82) is 0 Å². The van der Waals surface area contributed by atoms with Crippen LogP contribution in [-0.4, -0.2) is 6.61 Å². The Hall–Kier alpha value is -0.710. The van der Waals surface area contributed by atoms with Crippen molar-refractivity contribution in [2.45, 2.75) is 20.0 Å². The van der Waals surface area contributed by atoms with Gasteiger partial charge in [0.25, 0.3) is 0 Å².